The SMILES string of the molecule is O=C(COC(=O)c1ccccc1Cc1ccccc1)Nc1nc(-c2cccc(Br)c2)cs1. The molecule has 1 N–H and O–H groups in total. The Labute approximate surface area is 198 Å². The molecule has 0 saturated carbocycles. The molecule has 1 aromatic heterocycles. The molecule has 5 nitrogen and oxygen atoms in total. The number of amides is 1. The molecule has 7 heteroatoms. The highest BCUT2D eigenvalue weighted by atomic mass is 79.9. The Morgan fingerprint density at radius 1 is 0.969 bits per heavy atom. The molecule has 32 heavy (non-hydrogen) atoms. The number of anilines is 1. The number of carbonyl (C=O) groups is 2. The van der Waals surface area contributed by atoms with E-state index < -0.39 is 11.9 Å². The van der Waals surface area contributed by atoms with Crippen LogP contribution in [0.1, 0.15) is 21.5 Å². The Kier molecular flexibility index (Phi) is 7.09. The number of carbonyl (C=O) groups excluding carboxylic acids is 2. The van der Waals surface area contributed by atoms with Gasteiger partial charge in [-0.1, -0.05) is 76.6 Å². The number of aromatic nitrogens is 1. The van der Waals surface area contributed by atoms with Crippen molar-refractivity contribution < 1.29 is 14.3 Å². The summed E-state index contributed by atoms with van der Waals surface area (Å²) in [6.45, 7) is -0.385. The van der Waals surface area contributed by atoms with Crippen LogP contribution < -0.4 is 5.32 Å². The molecule has 0 atom stereocenters. The van der Waals surface area contributed by atoms with E-state index in [9.17, 15) is 9.59 Å². The van der Waals surface area contributed by atoms with Crippen molar-refractivity contribution in [3.05, 3.63) is 105 Å². The number of rotatable bonds is 7. The van der Waals surface area contributed by atoms with Gasteiger partial charge in [-0.3, -0.25) is 10.1 Å². The highest BCUT2D eigenvalue weighted by Gasteiger charge is 2.15. The van der Waals surface area contributed by atoms with Gasteiger partial charge in [-0.05, 0) is 35.7 Å². The second kappa shape index (κ2) is 10.3. The van der Waals surface area contributed by atoms with Gasteiger partial charge in [0.2, 0.25) is 0 Å². The number of hydrogen-bond acceptors (Lipinski definition) is 5. The Morgan fingerprint density at radius 2 is 1.75 bits per heavy atom. The number of nitrogens with one attached hydrogen (secondary N) is 1. The lowest BCUT2D eigenvalue weighted by atomic mass is 10.00. The van der Waals surface area contributed by atoms with E-state index in [1.165, 1.54) is 11.3 Å². The van der Waals surface area contributed by atoms with E-state index in [1.807, 2.05) is 72.1 Å². The predicted molar refractivity (Wildman–Crippen MR) is 130 cm³/mol. The van der Waals surface area contributed by atoms with E-state index in [0.717, 1.165) is 26.9 Å². The van der Waals surface area contributed by atoms with Crippen molar-refractivity contribution in [2.75, 3.05) is 11.9 Å². The number of ether oxygens (including phenoxy) is 1. The third-order valence-electron chi connectivity index (χ3n) is 4.68. The fraction of sp³-hybridized carbons (Fsp3) is 0.0800. The van der Waals surface area contributed by atoms with Gasteiger partial charge in [-0.2, -0.15) is 0 Å². The largest absolute Gasteiger partial charge is 0.452 e. The van der Waals surface area contributed by atoms with Crippen molar-refractivity contribution >= 4 is 44.3 Å². The molecule has 0 aliphatic rings. The maximum Gasteiger partial charge on any atom is 0.338 e. The molecule has 1 amide bonds. The van der Waals surface area contributed by atoms with Crippen molar-refractivity contribution in [2.24, 2.45) is 0 Å². The molecule has 0 saturated heterocycles. The summed E-state index contributed by atoms with van der Waals surface area (Å²) >= 11 is 4.75. The first-order chi connectivity index (χ1) is 15.6. The van der Waals surface area contributed by atoms with Gasteiger partial charge in [0, 0.05) is 15.4 Å². The lowest BCUT2D eigenvalue weighted by molar-refractivity contribution is -0.119. The third kappa shape index (κ3) is 5.69. The highest BCUT2D eigenvalue weighted by Crippen LogP contribution is 2.26. The van der Waals surface area contributed by atoms with Crippen molar-refractivity contribution in [3.8, 4) is 11.3 Å². The van der Waals surface area contributed by atoms with Crippen LogP contribution in [-0.4, -0.2) is 23.5 Å². The molecule has 1 heterocycles. The zero-order chi connectivity index (χ0) is 22.3. The average molecular weight is 507 g/mol. The minimum atomic E-state index is -0.527. The minimum absolute atomic E-state index is 0.385. The molecule has 4 rings (SSSR count). The van der Waals surface area contributed by atoms with Gasteiger partial charge >= 0.3 is 5.97 Å². The third-order valence-corrected chi connectivity index (χ3v) is 5.93. The molecule has 0 spiro atoms. The van der Waals surface area contributed by atoms with Gasteiger partial charge in [-0.25, -0.2) is 9.78 Å². The Bertz CT molecular complexity index is 1240. The van der Waals surface area contributed by atoms with Gasteiger partial charge in [0.25, 0.3) is 5.91 Å². The smallest absolute Gasteiger partial charge is 0.338 e. The Hall–Kier alpha value is -3.29. The molecule has 0 aliphatic heterocycles. The van der Waals surface area contributed by atoms with Gasteiger partial charge in [0.1, 0.15) is 0 Å². The molecular formula is C25H19BrN2O3S. The normalized spacial score (nSPS) is 10.5. The topological polar surface area (TPSA) is 68.3 Å². The van der Waals surface area contributed by atoms with Crippen LogP contribution in [-0.2, 0) is 16.0 Å². The summed E-state index contributed by atoms with van der Waals surface area (Å²) in [6, 6.07) is 24.9. The highest BCUT2D eigenvalue weighted by molar-refractivity contribution is 9.10. The fourth-order valence-electron chi connectivity index (χ4n) is 3.17. The summed E-state index contributed by atoms with van der Waals surface area (Å²) in [4.78, 5) is 29.3. The predicted octanol–water partition coefficient (Wildman–Crippen LogP) is 5.96. The Balaban J connectivity index is 1.35. The summed E-state index contributed by atoms with van der Waals surface area (Å²) in [5.74, 6) is -0.963. The molecule has 0 fully saturated rings. The van der Waals surface area contributed by atoms with Crippen LogP contribution in [0.2, 0.25) is 0 Å². The summed E-state index contributed by atoms with van der Waals surface area (Å²) in [5, 5.41) is 5.00. The van der Waals surface area contributed by atoms with Crippen molar-refractivity contribution in [1.82, 2.24) is 4.98 Å². The lowest BCUT2D eigenvalue weighted by Crippen LogP contribution is -2.21. The van der Waals surface area contributed by atoms with E-state index in [0.29, 0.717) is 17.1 Å². The van der Waals surface area contributed by atoms with Crippen molar-refractivity contribution in [1.29, 1.82) is 0 Å². The van der Waals surface area contributed by atoms with Crippen molar-refractivity contribution in [3.63, 3.8) is 0 Å². The van der Waals surface area contributed by atoms with Gasteiger partial charge in [0.05, 0.1) is 11.3 Å². The molecular weight excluding hydrogens is 488 g/mol. The van der Waals surface area contributed by atoms with Crippen LogP contribution in [0.3, 0.4) is 0 Å². The summed E-state index contributed by atoms with van der Waals surface area (Å²) < 4.78 is 6.22. The summed E-state index contributed by atoms with van der Waals surface area (Å²) in [6.07, 6.45) is 0.607. The first-order valence-corrected chi connectivity index (χ1v) is 11.6. The molecule has 4 aromatic rings. The molecule has 3 aromatic carbocycles. The van der Waals surface area contributed by atoms with E-state index in [4.69, 9.17) is 4.74 Å². The van der Waals surface area contributed by atoms with Crippen LogP contribution >= 0.6 is 27.3 Å². The number of halogens is 1. The van der Waals surface area contributed by atoms with Crippen LogP contribution in [0.4, 0.5) is 5.13 Å². The van der Waals surface area contributed by atoms with Gasteiger partial charge in [0.15, 0.2) is 11.7 Å². The van der Waals surface area contributed by atoms with Gasteiger partial charge < -0.3 is 4.74 Å². The minimum Gasteiger partial charge on any atom is -0.452 e. The molecule has 160 valence electrons. The second-order valence-corrected chi connectivity index (χ2v) is 8.77. The zero-order valence-corrected chi connectivity index (χ0v) is 19.4. The quantitative estimate of drug-likeness (QED) is 0.314. The van der Waals surface area contributed by atoms with Gasteiger partial charge in [-0.15, -0.1) is 11.3 Å². The van der Waals surface area contributed by atoms with Crippen LogP contribution in [0, 0.1) is 0 Å². The number of nitrogens with zero attached hydrogens (tertiary/aromatic N) is 1. The van der Waals surface area contributed by atoms with E-state index in [-0.39, 0.29) is 6.61 Å². The molecule has 0 bridgehead atoms. The van der Waals surface area contributed by atoms with E-state index in [1.54, 1.807) is 12.1 Å². The number of esters is 1. The fourth-order valence-corrected chi connectivity index (χ4v) is 4.30. The first-order valence-electron chi connectivity index (χ1n) is 9.89. The van der Waals surface area contributed by atoms with Crippen molar-refractivity contribution in [2.45, 2.75) is 6.42 Å². The lowest BCUT2D eigenvalue weighted by Gasteiger charge is -2.09. The van der Waals surface area contributed by atoms with Crippen LogP contribution in [0.25, 0.3) is 11.3 Å². The van der Waals surface area contributed by atoms with E-state index in [2.05, 4.69) is 26.2 Å². The molecule has 0 unspecified atom stereocenters. The summed E-state index contributed by atoms with van der Waals surface area (Å²) in [7, 11) is 0. The Morgan fingerprint density at radius 3 is 2.56 bits per heavy atom. The standard InChI is InChI=1S/C25H19BrN2O3S/c26-20-11-6-10-19(14-20)22-16-32-25(27-22)28-23(29)15-31-24(30)21-12-5-4-9-18(21)13-17-7-2-1-3-8-17/h1-12,14,16H,13,15H2,(H,27,28,29). The van der Waals surface area contributed by atoms with E-state index >= 15 is 0 Å². The van der Waals surface area contributed by atoms with Crippen LogP contribution in [0.5, 0.6) is 0 Å². The number of hydrogen-bond donors (Lipinski definition) is 1. The molecule has 0 radical (unpaired) electrons. The number of benzene rings is 3. The average Bonchev–Trinajstić information content (AvgIpc) is 3.27. The number of thiazole rings is 1. The second-order valence-electron chi connectivity index (χ2n) is 6.99. The monoisotopic (exact) mass is 506 g/mol. The maximum atomic E-state index is 12.6. The first kappa shape index (κ1) is 21.9. The molecule has 0 aliphatic carbocycles. The maximum absolute atomic E-state index is 12.6. The summed E-state index contributed by atoms with van der Waals surface area (Å²) in [5.41, 5.74) is 4.10. The zero-order valence-electron chi connectivity index (χ0n) is 17.0. The van der Waals surface area contributed by atoms with Crippen LogP contribution in [0.15, 0.2) is 88.7 Å².